The van der Waals surface area contributed by atoms with Crippen LogP contribution in [-0.2, 0) is 6.42 Å². The summed E-state index contributed by atoms with van der Waals surface area (Å²) in [5.41, 5.74) is 0. The van der Waals surface area contributed by atoms with E-state index in [1.54, 1.807) is 0 Å². The molecule has 0 amide bonds. The topological polar surface area (TPSA) is 62.7 Å². The van der Waals surface area contributed by atoms with Gasteiger partial charge in [0.25, 0.3) is 0 Å². The number of halogens is 1. The molecule has 0 spiro atoms. The average molecular weight is 326 g/mol. The Bertz CT molecular complexity index is 586. The number of nitrogens with zero attached hydrogens (tertiary/aromatic N) is 3. The van der Waals surface area contributed by atoms with Gasteiger partial charge in [0.2, 0.25) is 17.2 Å². The van der Waals surface area contributed by atoms with Crippen molar-refractivity contribution in [3.05, 3.63) is 27.2 Å². The number of aromatic nitrogens is 3. The molecule has 0 fully saturated rings. The van der Waals surface area contributed by atoms with Gasteiger partial charge in [-0.3, -0.25) is 0 Å². The molecule has 0 saturated carbocycles. The Labute approximate surface area is 134 Å². The van der Waals surface area contributed by atoms with E-state index in [-0.39, 0.29) is 11.3 Å². The minimum Gasteiger partial charge on any atom is -0.354 e. The molecule has 7 heteroatoms. The van der Waals surface area contributed by atoms with Crippen LogP contribution in [0.2, 0.25) is 5.28 Å². The zero-order chi connectivity index (χ0) is 15.2. The molecule has 2 heterocycles. The number of rotatable bonds is 7. The molecule has 0 aliphatic heterocycles. The lowest BCUT2D eigenvalue weighted by Crippen LogP contribution is -2.20. The minimum absolute atomic E-state index is 0.199. The predicted molar refractivity (Wildman–Crippen MR) is 89.5 cm³/mol. The number of aryl methyl sites for hydroxylation is 1. The summed E-state index contributed by atoms with van der Waals surface area (Å²) in [5.74, 6) is 1.02. The summed E-state index contributed by atoms with van der Waals surface area (Å²) in [4.78, 5) is 15.2. The van der Waals surface area contributed by atoms with Gasteiger partial charge in [0.1, 0.15) is 0 Å². The van der Waals surface area contributed by atoms with Crippen LogP contribution in [0.3, 0.4) is 0 Å². The van der Waals surface area contributed by atoms with Crippen molar-refractivity contribution in [3.63, 3.8) is 0 Å². The van der Waals surface area contributed by atoms with Gasteiger partial charge < -0.3 is 10.6 Å². The number of hydrogen-bond acceptors (Lipinski definition) is 6. The molecule has 2 rings (SSSR count). The maximum Gasteiger partial charge on any atom is 0.229 e. The van der Waals surface area contributed by atoms with E-state index in [0.717, 1.165) is 19.4 Å². The van der Waals surface area contributed by atoms with Gasteiger partial charge in [-0.25, -0.2) is 0 Å². The van der Waals surface area contributed by atoms with Crippen LogP contribution in [0.1, 0.15) is 30.0 Å². The first-order valence-electron chi connectivity index (χ1n) is 7.04. The fourth-order valence-corrected chi connectivity index (χ4v) is 3.08. The van der Waals surface area contributed by atoms with E-state index < -0.39 is 0 Å². The molecular weight excluding hydrogens is 306 g/mol. The second kappa shape index (κ2) is 7.56. The van der Waals surface area contributed by atoms with Crippen LogP contribution < -0.4 is 10.6 Å². The highest BCUT2D eigenvalue weighted by atomic mass is 35.5. The van der Waals surface area contributed by atoms with Gasteiger partial charge in [-0.15, -0.1) is 11.3 Å². The van der Waals surface area contributed by atoms with Crippen LogP contribution in [-0.4, -0.2) is 27.5 Å². The molecule has 0 bridgehead atoms. The molecule has 0 saturated heterocycles. The van der Waals surface area contributed by atoms with Gasteiger partial charge in [-0.05, 0) is 44.0 Å². The highest BCUT2D eigenvalue weighted by Crippen LogP contribution is 2.18. The Morgan fingerprint density at radius 3 is 2.67 bits per heavy atom. The van der Waals surface area contributed by atoms with E-state index in [1.807, 2.05) is 11.3 Å². The second-order valence-corrected chi connectivity index (χ2v) is 6.65. The molecule has 5 nitrogen and oxygen atoms in total. The molecule has 2 aromatic rings. The standard InChI is InChI=1S/C14H20ClN5S/c1-4-7-16-13-18-12(15)19-14(20-13)17-9(2)8-11-6-5-10(3)21-11/h5-6,9H,4,7-8H2,1-3H3,(H2,16,17,18,19,20). The molecule has 0 radical (unpaired) electrons. The summed E-state index contributed by atoms with van der Waals surface area (Å²) in [6.07, 6.45) is 1.93. The van der Waals surface area contributed by atoms with Crippen molar-refractivity contribution in [2.75, 3.05) is 17.2 Å². The van der Waals surface area contributed by atoms with E-state index in [2.05, 4.69) is 58.5 Å². The molecular formula is C14H20ClN5S. The Morgan fingerprint density at radius 2 is 2.00 bits per heavy atom. The zero-order valence-electron chi connectivity index (χ0n) is 12.5. The molecule has 114 valence electrons. The molecule has 0 aliphatic rings. The summed E-state index contributed by atoms with van der Waals surface area (Å²) in [6.45, 7) is 7.11. The van der Waals surface area contributed by atoms with Gasteiger partial charge in [0.05, 0.1) is 0 Å². The molecule has 1 atom stereocenters. The fourth-order valence-electron chi connectivity index (χ4n) is 1.90. The van der Waals surface area contributed by atoms with Gasteiger partial charge in [0.15, 0.2) is 0 Å². The summed E-state index contributed by atoms with van der Waals surface area (Å²) in [6, 6.07) is 4.52. The Balaban J connectivity index is 1.99. The zero-order valence-corrected chi connectivity index (χ0v) is 14.1. The maximum absolute atomic E-state index is 5.94. The van der Waals surface area contributed by atoms with Crippen LogP contribution in [0.4, 0.5) is 11.9 Å². The lowest BCUT2D eigenvalue weighted by atomic mass is 10.2. The largest absolute Gasteiger partial charge is 0.354 e. The lowest BCUT2D eigenvalue weighted by Gasteiger charge is -2.13. The van der Waals surface area contributed by atoms with Crippen molar-refractivity contribution < 1.29 is 0 Å². The van der Waals surface area contributed by atoms with Crippen molar-refractivity contribution >= 4 is 34.8 Å². The lowest BCUT2D eigenvalue weighted by molar-refractivity contribution is 0.783. The Morgan fingerprint density at radius 1 is 1.24 bits per heavy atom. The Hall–Kier alpha value is -1.40. The first-order valence-corrected chi connectivity index (χ1v) is 8.23. The average Bonchev–Trinajstić information content (AvgIpc) is 2.80. The van der Waals surface area contributed by atoms with E-state index in [4.69, 9.17) is 11.6 Å². The van der Waals surface area contributed by atoms with E-state index in [0.29, 0.717) is 11.9 Å². The third-order valence-corrected chi connectivity index (χ3v) is 4.01. The second-order valence-electron chi connectivity index (χ2n) is 4.94. The number of anilines is 2. The van der Waals surface area contributed by atoms with Crippen molar-refractivity contribution in [1.29, 1.82) is 0 Å². The van der Waals surface area contributed by atoms with Gasteiger partial charge >= 0.3 is 0 Å². The number of thiophene rings is 1. The van der Waals surface area contributed by atoms with Crippen LogP contribution in [0.15, 0.2) is 12.1 Å². The molecule has 0 aromatic carbocycles. The van der Waals surface area contributed by atoms with Crippen LogP contribution >= 0.6 is 22.9 Å². The van der Waals surface area contributed by atoms with Crippen molar-refractivity contribution in [3.8, 4) is 0 Å². The normalized spacial score (nSPS) is 12.2. The highest BCUT2D eigenvalue weighted by Gasteiger charge is 2.09. The first-order chi connectivity index (χ1) is 10.1. The van der Waals surface area contributed by atoms with Crippen molar-refractivity contribution in [2.45, 2.75) is 39.7 Å². The molecule has 2 N–H and O–H groups in total. The number of hydrogen-bond donors (Lipinski definition) is 2. The third kappa shape index (κ3) is 5.13. The molecule has 2 aromatic heterocycles. The Kier molecular flexibility index (Phi) is 5.76. The maximum atomic E-state index is 5.94. The summed E-state index contributed by atoms with van der Waals surface area (Å²) >= 11 is 7.75. The minimum atomic E-state index is 0.199. The first kappa shape index (κ1) is 16.0. The SMILES string of the molecule is CCCNc1nc(Cl)nc(NC(C)Cc2ccc(C)s2)n1. The van der Waals surface area contributed by atoms with Gasteiger partial charge in [0, 0.05) is 28.8 Å². The monoisotopic (exact) mass is 325 g/mol. The van der Waals surface area contributed by atoms with Crippen LogP contribution in [0.25, 0.3) is 0 Å². The summed E-state index contributed by atoms with van der Waals surface area (Å²) in [5, 5.41) is 6.59. The summed E-state index contributed by atoms with van der Waals surface area (Å²) < 4.78 is 0. The smallest absolute Gasteiger partial charge is 0.229 e. The molecule has 21 heavy (non-hydrogen) atoms. The molecule has 0 aliphatic carbocycles. The number of nitrogens with one attached hydrogen (secondary N) is 2. The van der Waals surface area contributed by atoms with Crippen molar-refractivity contribution in [1.82, 2.24) is 15.0 Å². The van der Waals surface area contributed by atoms with Crippen LogP contribution in [0, 0.1) is 6.92 Å². The third-order valence-electron chi connectivity index (χ3n) is 2.82. The van der Waals surface area contributed by atoms with E-state index >= 15 is 0 Å². The quantitative estimate of drug-likeness (QED) is 0.811. The highest BCUT2D eigenvalue weighted by molar-refractivity contribution is 7.11. The fraction of sp³-hybridized carbons (Fsp3) is 0.500. The van der Waals surface area contributed by atoms with Gasteiger partial charge in [-0.2, -0.15) is 15.0 Å². The molecule has 1 unspecified atom stereocenters. The van der Waals surface area contributed by atoms with E-state index in [1.165, 1.54) is 9.75 Å². The van der Waals surface area contributed by atoms with Crippen molar-refractivity contribution in [2.24, 2.45) is 0 Å². The van der Waals surface area contributed by atoms with Gasteiger partial charge in [-0.1, -0.05) is 6.92 Å². The summed E-state index contributed by atoms with van der Waals surface area (Å²) in [7, 11) is 0. The van der Waals surface area contributed by atoms with E-state index in [9.17, 15) is 0 Å². The predicted octanol–water partition coefficient (Wildman–Crippen LogP) is 3.76. The van der Waals surface area contributed by atoms with Crippen LogP contribution in [0.5, 0.6) is 0 Å².